The van der Waals surface area contributed by atoms with Gasteiger partial charge < -0.3 is 30.3 Å². The van der Waals surface area contributed by atoms with Gasteiger partial charge in [0.25, 0.3) is 0 Å². The number of nitrogens with one attached hydrogen (secondary N) is 2. The molecule has 2 amide bonds. The average Bonchev–Trinajstić information content (AvgIpc) is 2.95. The number of hydrogen-bond donors (Lipinski definition) is 4. The standard InChI is InChI=1S/C29H32N2O6S/c1-2-30-29(35)31-16-19-3-9-23(10-4-19)28-36-24(18-38-25-13-11-22(12-14-25)27(33)34)15-26(37-28)21-7-5-20(17-32)6-8-21/h3-14,24,26,28,32H,2,15-18H2,1H3,(H,33,34)(H2,30,31,35)/t24-,26+,28?/m0/s1. The van der Waals surface area contributed by atoms with E-state index in [4.69, 9.17) is 14.6 Å². The van der Waals surface area contributed by atoms with Gasteiger partial charge in [0, 0.05) is 35.7 Å². The first-order chi connectivity index (χ1) is 18.4. The molecule has 38 heavy (non-hydrogen) atoms. The predicted molar refractivity (Wildman–Crippen MR) is 145 cm³/mol. The Bertz CT molecular complexity index is 1200. The Morgan fingerprint density at radius 3 is 2.18 bits per heavy atom. The highest BCUT2D eigenvalue weighted by atomic mass is 32.2. The molecule has 0 aromatic heterocycles. The maximum absolute atomic E-state index is 11.7. The number of carbonyl (C=O) groups excluding carboxylic acids is 1. The lowest BCUT2D eigenvalue weighted by molar-refractivity contribution is -0.245. The highest BCUT2D eigenvalue weighted by molar-refractivity contribution is 7.99. The molecule has 1 unspecified atom stereocenters. The van der Waals surface area contributed by atoms with Gasteiger partial charge in [-0.3, -0.25) is 0 Å². The first-order valence-electron chi connectivity index (χ1n) is 12.5. The monoisotopic (exact) mass is 536 g/mol. The third kappa shape index (κ3) is 7.58. The summed E-state index contributed by atoms with van der Waals surface area (Å²) in [5, 5.41) is 24.1. The van der Waals surface area contributed by atoms with Crippen LogP contribution in [0.2, 0.25) is 0 Å². The number of carboxylic acids is 1. The first-order valence-corrected chi connectivity index (χ1v) is 13.5. The number of carboxylic acid groups (broad SMARTS) is 1. The van der Waals surface area contributed by atoms with E-state index in [1.165, 1.54) is 0 Å². The fourth-order valence-electron chi connectivity index (χ4n) is 4.10. The van der Waals surface area contributed by atoms with Crippen LogP contribution in [-0.4, -0.2) is 40.6 Å². The van der Waals surface area contributed by atoms with Crippen molar-refractivity contribution < 1.29 is 29.3 Å². The molecule has 3 aromatic carbocycles. The number of aliphatic hydroxyl groups excluding tert-OH is 1. The van der Waals surface area contributed by atoms with Gasteiger partial charge in [0.1, 0.15) is 0 Å². The highest BCUT2D eigenvalue weighted by Crippen LogP contribution is 2.39. The van der Waals surface area contributed by atoms with Crippen molar-refractivity contribution in [2.45, 2.75) is 49.9 Å². The zero-order valence-corrected chi connectivity index (χ0v) is 21.9. The number of ether oxygens (including phenoxy) is 2. The summed E-state index contributed by atoms with van der Waals surface area (Å²) in [5.41, 5.74) is 3.95. The Balaban J connectivity index is 1.46. The molecular formula is C29H32N2O6S. The molecule has 0 aliphatic carbocycles. The number of hydrogen-bond acceptors (Lipinski definition) is 6. The minimum Gasteiger partial charge on any atom is -0.478 e. The lowest BCUT2D eigenvalue weighted by Crippen LogP contribution is -2.34. The molecule has 1 aliphatic heterocycles. The molecule has 1 heterocycles. The van der Waals surface area contributed by atoms with Crippen molar-refractivity contribution in [2.24, 2.45) is 0 Å². The van der Waals surface area contributed by atoms with E-state index in [1.54, 1.807) is 23.9 Å². The van der Waals surface area contributed by atoms with E-state index in [0.717, 1.165) is 27.1 Å². The maximum atomic E-state index is 11.7. The Labute approximate surface area is 226 Å². The van der Waals surface area contributed by atoms with Gasteiger partial charge in [-0.25, -0.2) is 9.59 Å². The van der Waals surface area contributed by atoms with Crippen LogP contribution in [0.3, 0.4) is 0 Å². The molecular weight excluding hydrogens is 504 g/mol. The number of rotatable bonds is 10. The number of carbonyl (C=O) groups is 2. The molecule has 0 bridgehead atoms. The quantitative estimate of drug-likeness (QED) is 0.268. The SMILES string of the molecule is CCNC(=O)NCc1ccc(C2O[C@H](CSc3ccc(C(=O)O)cc3)C[C@H](c3ccc(CO)cc3)O2)cc1. The van der Waals surface area contributed by atoms with E-state index in [1.807, 2.05) is 67.6 Å². The molecule has 1 aliphatic rings. The lowest BCUT2D eigenvalue weighted by Gasteiger charge is -2.36. The number of aromatic carboxylic acids is 1. The largest absolute Gasteiger partial charge is 0.478 e. The van der Waals surface area contributed by atoms with Crippen molar-refractivity contribution in [2.75, 3.05) is 12.3 Å². The first kappa shape index (κ1) is 27.7. The fourth-order valence-corrected chi connectivity index (χ4v) is 5.03. The Kier molecular flexibility index (Phi) is 9.78. The second kappa shape index (κ2) is 13.4. The van der Waals surface area contributed by atoms with Crippen molar-refractivity contribution in [3.05, 3.63) is 101 Å². The van der Waals surface area contributed by atoms with Crippen LogP contribution < -0.4 is 10.6 Å². The summed E-state index contributed by atoms with van der Waals surface area (Å²) in [6, 6.07) is 22.2. The normalized spacial score (nSPS) is 19.1. The fraction of sp³-hybridized carbons (Fsp3) is 0.310. The van der Waals surface area contributed by atoms with Crippen LogP contribution in [-0.2, 0) is 22.6 Å². The Morgan fingerprint density at radius 2 is 1.55 bits per heavy atom. The molecule has 200 valence electrons. The second-order valence-corrected chi connectivity index (χ2v) is 10.0. The summed E-state index contributed by atoms with van der Waals surface area (Å²) in [7, 11) is 0. The summed E-state index contributed by atoms with van der Waals surface area (Å²) in [6.07, 6.45) is -0.222. The van der Waals surface area contributed by atoms with Crippen LogP contribution in [0.5, 0.6) is 0 Å². The number of benzene rings is 3. The van der Waals surface area contributed by atoms with Crippen LogP contribution in [0.1, 0.15) is 58.4 Å². The number of aliphatic hydroxyl groups is 1. The van der Waals surface area contributed by atoms with Crippen molar-refractivity contribution in [3.8, 4) is 0 Å². The van der Waals surface area contributed by atoms with Crippen LogP contribution >= 0.6 is 11.8 Å². The van der Waals surface area contributed by atoms with Gasteiger partial charge in [-0.15, -0.1) is 11.8 Å². The molecule has 3 atom stereocenters. The summed E-state index contributed by atoms with van der Waals surface area (Å²) < 4.78 is 12.8. The van der Waals surface area contributed by atoms with Gasteiger partial charge in [-0.05, 0) is 47.9 Å². The zero-order valence-electron chi connectivity index (χ0n) is 21.1. The molecule has 8 nitrogen and oxygen atoms in total. The van der Waals surface area contributed by atoms with Crippen molar-refractivity contribution in [1.29, 1.82) is 0 Å². The van der Waals surface area contributed by atoms with Crippen LogP contribution in [0.4, 0.5) is 4.79 Å². The van der Waals surface area contributed by atoms with E-state index in [9.17, 15) is 14.7 Å². The average molecular weight is 537 g/mol. The smallest absolute Gasteiger partial charge is 0.335 e. The summed E-state index contributed by atoms with van der Waals surface area (Å²) in [4.78, 5) is 23.8. The number of amides is 2. The topological polar surface area (TPSA) is 117 Å². The van der Waals surface area contributed by atoms with Crippen LogP contribution in [0, 0.1) is 0 Å². The van der Waals surface area contributed by atoms with Gasteiger partial charge in [-0.1, -0.05) is 48.5 Å². The van der Waals surface area contributed by atoms with E-state index in [-0.39, 0.29) is 30.4 Å². The molecule has 1 saturated heterocycles. The predicted octanol–water partition coefficient (Wildman–Crippen LogP) is 5.03. The summed E-state index contributed by atoms with van der Waals surface area (Å²) >= 11 is 1.61. The van der Waals surface area contributed by atoms with Gasteiger partial charge in [0.05, 0.1) is 24.4 Å². The molecule has 4 rings (SSSR count). The third-order valence-electron chi connectivity index (χ3n) is 6.19. The van der Waals surface area contributed by atoms with E-state index < -0.39 is 12.3 Å². The molecule has 9 heteroatoms. The molecule has 3 aromatic rings. The summed E-state index contributed by atoms with van der Waals surface area (Å²) in [6.45, 7) is 2.84. The Morgan fingerprint density at radius 1 is 0.895 bits per heavy atom. The maximum Gasteiger partial charge on any atom is 0.335 e. The van der Waals surface area contributed by atoms with Gasteiger partial charge in [0.2, 0.25) is 0 Å². The highest BCUT2D eigenvalue weighted by Gasteiger charge is 2.32. The van der Waals surface area contributed by atoms with Crippen LogP contribution in [0.15, 0.2) is 77.7 Å². The molecule has 0 spiro atoms. The second-order valence-electron chi connectivity index (χ2n) is 8.95. The molecule has 4 N–H and O–H groups in total. The molecule has 0 saturated carbocycles. The van der Waals surface area contributed by atoms with E-state index in [2.05, 4.69) is 10.6 Å². The van der Waals surface area contributed by atoms with Gasteiger partial charge in [-0.2, -0.15) is 0 Å². The van der Waals surface area contributed by atoms with Gasteiger partial charge in [0.15, 0.2) is 6.29 Å². The van der Waals surface area contributed by atoms with E-state index >= 15 is 0 Å². The molecule has 1 fully saturated rings. The van der Waals surface area contributed by atoms with Crippen molar-refractivity contribution in [1.82, 2.24) is 10.6 Å². The van der Waals surface area contributed by atoms with Gasteiger partial charge >= 0.3 is 12.0 Å². The minimum atomic E-state index is -0.946. The van der Waals surface area contributed by atoms with E-state index in [0.29, 0.717) is 25.3 Å². The summed E-state index contributed by atoms with van der Waals surface area (Å²) in [5.74, 6) is -0.273. The Hall–Kier alpha value is -3.37. The van der Waals surface area contributed by atoms with Crippen LogP contribution in [0.25, 0.3) is 0 Å². The lowest BCUT2D eigenvalue weighted by atomic mass is 10.0. The minimum absolute atomic E-state index is 0.0151. The third-order valence-corrected chi connectivity index (χ3v) is 7.34. The van der Waals surface area contributed by atoms with Crippen molar-refractivity contribution in [3.63, 3.8) is 0 Å². The zero-order chi connectivity index (χ0) is 26.9. The number of thioether (sulfide) groups is 1. The number of urea groups is 1. The molecule has 0 radical (unpaired) electrons. The van der Waals surface area contributed by atoms with Crippen molar-refractivity contribution >= 4 is 23.8 Å².